The minimum absolute atomic E-state index is 0.0409. The summed E-state index contributed by atoms with van der Waals surface area (Å²) in [5.41, 5.74) is 4.66. The largest absolute Gasteiger partial charge is 0.349 e. The SMILES string of the molecule is Cc1c(C#N)ccc(CCN2CCC(NC(=O)c3ccc(F)c(Cl)c3)CC2)c1C. The Bertz CT molecular complexity index is 946. The molecule has 1 N–H and O–H groups in total. The van der Waals surface area contributed by atoms with Gasteiger partial charge in [-0.25, -0.2) is 4.39 Å². The quantitative estimate of drug-likeness (QED) is 0.790. The molecule has 2 aromatic carbocycles. The summed E-state index contributed by atoms with van der Waals surface area (Å²) in [6, 6.07) is 10.3. The fourth-order valence-corrected chi connectivity index (χ4v) is 3.93. The number of hydrogen-bond acceptors (Lipinski definition) is 3. The van der Waals surface area contributed by atoms with Crippen LogP contribution in [0.15, 0.2) is 30.3 Å². The van der Waals surface area contributed by atoms with E-state index >= 15 is 0 Å². The van der Waals surface area contributed by atoms with Crippen LogP contribution in [0.4, 0.5) is 4.39 Å². The predicted octanol–water partition coefficient (Wildman–Crippen LogP) is 4.40. The van der Waals surface area contributed by atoms with Crippen molar-refractivity contribution in [1.82, 2.24) is 10.2 Å². The van der Waals surface area contributed by atoms with Crippen molar-refractivity contribution in [2.45, 2.75) is 39.2 Å². The Labute approximate surface area is 176 Å². The standard InChI is InChI=1S/C23H25ClFN3O/c1-15-16(2)19(14-26)4-3-17(15)7-10-28-11-8-20(9-12-28)27-23(29)18-5-6-22(25)21(24)13-18/h3-6,13,20H,7-12H2,1-2H3,(H,27,29). The Balaban J connectivity index is 1.48. The van der Waals surface area contributed by atoms with E-state index in [9.17, 15) is 9.18 Å². The molecule has 2 aromatic rings. The van der Waals surface area contributed by atoms with Crippen LogP contribution in [0, 0.1) is 31.0 Å². The molecule has 1 amide bonds. The van der Waals surface area contributed by atoms with Gasteiger partial charge in [-0.1, -0.05) is 17.7 Å². The highest BCUT2D eigenvalue weighted by atomic mass is 35.5. The van der Waals surface area contributed by atoms with E-state index in [-0.39, 0.29) is 17.0 Å². The van der Waals surface area contributed by atoms with Gasteiger partial charge in [0.2, 0.25) is 0 Å². The van der Waals surface area contributed by atoms with Crippen molar-refractivity contribution in [3.05, 3.63) is 69.0 Å². The lowest BCUT2D eigenvalue weighted by Gasteiger charge is -2.32. The fraction of sp³-hybridized carbons (Fsp3) is 0.391. The number of halogens is 2. The lowest BCUT2D eigenvalue weighted by Crippen LogP contribution is -2.45. The van der Waals surface area contributed by atoms with E-state index in [2.05, 4.69) is 29.3 Å². The number of carbonyl (C=O) groups excluding carboxylic acids is 1. The average molecular weight is 414 g/mol. The predicted molar refractivity (Wildman–Crippen MR) is 113 cm³/mol. The molecule has 4 nitrogen and oxygen atoms in total. The molecule has 1 saturated heterocycles. The van der Waals surface area contributed by atoms with Gasteiger partial charge in [0.1, 0.15) is 5.82 Å². The van der Waals surface area contributed by atoms with Crippen LogP contribution in [0.25, 0.3) is 0 Å². The van der Waals surface area contributed by atoms with Gasteiger partial charge >= 0.3 is 0 Å². The molecule has 1 aliphatic rings. The van der Waals surface area contributed by atoms with E-state index in [0.29, 0.717) is 5.56 Å². The summed E-state index contributed by atoms with van der Waals surface area (Å²) >= 11 is 5.77. The van der Waals surface area contributed by atoms with Gasteiger partial charge in [-0.3, -0.25) is 4.79 Å². The van der Waals surface area contributed by atoms with Crippen molar-refractivity contribution in [3.8, 4) is 6.07 Å². The van der Waals surface area contributed by atoms with Gasteiger partial charge in [0, 0.05) is 31.2 Å². The number of benzene rings is 2. The van der Waals surface area contributed by atoms with E-state index < -0.39 is 5.82 Å². The van der Waals surface area contributed by atoms with Gasteiger partial charge in [-0.05, 0) is 74.1 Å². The zero-order valence-electron chi connectivity index (χ0n) is 16.8. The molecule has 3 rings (SSSR count). The van der Waals surface area contributed by atoms with Gasteiger partial charge < -0.3 is 10.2 Å². The Morgan fingerprint density at radius 1 is 1.24 bits per heavy atom. The minimum Gasteiger partial charge on any atom is -0.349 e. The first kappa shape index (κ1) is 21.3. The van der Waals surface area contributed by atoms with Crippen LogP contribution in [0.3, 0.4) is 0 Å². The van der Waals surface area contributed by atoms with Crippen molar-refractivity contribution in [1.29, 1.82) is 5.26 Å². The summed E-state index contributed by atoms with van der Waals surface area (Å²) in [6.07, 6.45) is 2.71. The van der Waals surface area contributed by atoms with E-state index in [1.807, 2.05) is 13.0 Å². The van der Waals surface area contributed by atoms with Gasteiger partial charge in [0.25, 0.3) is 5.91 Å². The highest BCUT2D eigenvalue weighted by molar-refractivity contribution is 6.31. The molecule has 0 radical (unpaired) electrons. The van der Waals surface area contributed by atoms with Crippen LogP contribution in [0.5, 0.6) is 0 Å². The molecule has 0 aliphatic carbocycles. The van der Waals surface area contributed by atoms with Gasteiger partial charge in [-0.15, -0.1) is 0 Å². The fourth-order valence-electron chi connectivity index (χ4n) is 3.75. The van der Waals surface area contributed by atoms with Gasteiger partial charge in [-0.2, -0.15) is 5.26 Å². The first-order chi connectivity index (χ1) is 13.9. The number of amides is 1. The number of piperidine rings is 1. The lowest BCUT2D eigenvalue weighted by molar-refractivity contribution is 0.0911. The number of likely N-dealkylation sites (tertiary alicyclic amines) is 1. The summed E-state index contributed by atoms with van der Waals surface area (Å²) in [5, 5.41) is 12.1. The maximum absolute atomic E-state index is 13.3. The van der Waals surface area contributed by atoms with Crippen molar-refractivity contribution >= 4 is 17.5 Å². The number of rotatable bonds is 5. The van der Waals surface area contributed by atoms with Crippen molar-refractivity contribution in [2.24, 2.45) is 0 Å². The number of carbonyl (C=O) groups is 1. The zero-order chi connectivity index (χ0) is 21.0. The third kappa shape index (κ3) is 5.14. The third-order valence-corrected chi connectivity index (χ3v) is 6.11. The maximum Gasteiger partial charge on any atom is 0.251 e. The van der Waals surface area contributed by atoms with Crippen LogP contribution in [-0.4, -0.2) is 36.5 Å². The number of nitrogens with one attached hydrogen (secondary N) is 1. The zero-order valence-corrected chi connectivity index (χ0v) is 17.5. The minimum atomic E-state index is -0.524. The van der Waals surface area contributed by atoms with Crippen molar-refractivity contribution in [3.63, 3.8) is 0 Å². The first-order valence-corrected chi connectivity index (χ1v) is 10.2. The smallest absolute Gasteiger partial charge is 0.251 e. The number of hydrogen-bond donors (Lipinski definition) is 1. The summed E-state index contributed by atoms with van der Waals surface area (Å²) in [6.45, 7) is 6.88. The van der Waals surface area contributed by atoms with Crippen LogP contribution < -0.4 is 5.32 Å². The maximum atomic E-state index is 13.3. The molecule has 1 aliphatic heterocycles. The Morgan fingerprint density at radius 2 is 1.97 bits per heavy atom. The second-order valence-electron chi connectivity index (χ2n) is 7.60. The third-order valence-electron chi connectivity index (χ3n) is 5.82. The van der Waals surface area contributed by atoms with E-state index in [1.54, 1.807) is 0 Å². The van der Waals surface area contributed by atoms with Gasteiger partial charge in [0.15, 0.2) is 0 Å². The molecule has 29 heavy (non-hydrogen) atoms. The molecular weight excluding hydrogens is 389 g/mol. The summed E-state index contributed by atoms with van der Waals surface area (Å²) in [7, 11) is 0. The summed E-state index contributed by atoms with van der Waals surface area (Å²) < 4.78 is 13.3. The molecule has 152 valence electrons. The topological polar surface area (TPSA) is 56.1 Å². The number of nitriles is 1. The Hall–Kier alpha value is -2.42. The van der Waals surface area contributed by atoms with Crippen LogP contribution in [0.2, 0.25) is 5.02 Å². The Morgan fingerprint density at radius 3 is 2.62 bits per heavy atom. The molecule has 0 atom stereocenters. The summed E-state index contributed by atoms with van der Waals surface area (Å²) in [5.74, 6) is -0.738. The molecule has 0 bridgehead atoms. The monoisotopic (exact) mass is 413 g/mol. The average Bonchev–Trinajstić information content (AvgIpc) is 2.72. The van der Waals surface area contributed by atoms with E-state index in [4.69, 9.17) is 16.9 Å². The lowest BCUT2D eigenvalue weighted by atomic mass is 9.96. The molecule has 0 spiro atoms. The van der Waals surface area contributed by atoms with E-state index in [0.717, 1.165) is 50.0 Å². The van der Waals surface area contributed by atoms with Crippen molar-refractivity contribution in [2.75, 3.05) is 19.6 Å². The first-order valence-electron chi connectivity index (χ1n) is 9.86. The van der Waals surface area contributed by atoms with Crippen LogP contribution in [0.1, 0.15) is 45.5 Å². The van der Waals surface area contributed by atoms with Crippen LogP contribution in [-0.2, 0) is 6.42 Å². The summed E-state index contributed by atoms with van der Waals surface area (Å²) in [4.78, 5) is 14.8. The van der Waals surface area contributed by atoms with Gasteiger partial charge in [0.05, 0.1) is 16.7 Å². The molecule has 1 heterocycles. The normalized spacial score (nSPS) is 15.1. The number of nitrogens with zero attached hydrogens (tertiary/aromatic N) is 2. The molecule has 0 aromatic heterocycles. The Kier molecular flexibility index (Phi) is 6.89. The molecule has 1 fully saturated rings. The van der Waals surface area contributed by atoms with Crippen LogP contribution >= 0.6 is 11.6 Å². The molecule has 6 heteroatoms. The second-order valence-corrected chi connectivity index (χ2v) is 8.01. The highest BCUT2D eigenvalue weighted by Gasteiger charge is 2.21. The second kappa shape index (κ2) is 9.39. The molecule has 0 saturated carbocycles. The highest BCUT2D eigenvalue weighted by Crippen LogP contribution is 2.20. The molecular formula is C23H25ClFN3O. The molecule has 0 unspecified atom stereocenters. The van der Waals surface area contributed by atoms with Crippen molar-refractivity contribution < 1.29 is 9.18 Å². The van der Waals surface area contributed by atoms with E-state index in [1.165, 1.54) is 29.3 Å².